The predicted molar refractivity (Wildman–Crippen MR) is 121 cm³/mol. The molecule has 2 N–H and O–H groups in total. The van der Waals surface area contributed by atoms with Crippen molar-refractivity contribution in [2.45, 2.75) is 11.8 Å². The zero-order valence-electron chi connectivity index (χ0n) is 17.1. The lowest BCUT2D eigenvalue weighted by atomic mass is 10.1. The van der Waals surface area contributed by atoms with Gasteiger partial charge in [-0.25, -0.2) is 8.42 Å². The van der Waals surface area contributed by atoms with Crippen LogP contribution in [0.2, 0.25) is 5.02 Å². The third-order valence-corrected chi connectivity index (χ3v) is 6.17. The number of sulfonamides is 1. The van der Waals surface area contributed by atoms with Gasteiger partial charge in [0.05, 0.1) is 29.8 Å². The van der Waals surface area contributed by atoms with E-state index in [9.17, 15) is 13.2 Å². The molecule has 162 valence electrons. The average Bonchev–Trinajstić information content (AvgIpc) is 2.76. The minimum absolute atomic E-state index is 0.0266. The molecule has 0 radical (unpaired) electrons. The van der Waals surface area contributed by atoms with E-state index < -0.39 is 10.0 Å². The summed E-state index contributed by atoms with van der Waals surface area (Å²) in [6, 6.07) is 16.1. The average molecular weight is 461 g/mol. The Morgan fingerprint density at radius 2 is 1.58 bits per heavy atom. The van der Waals surface area contributed by atoms with Crippen molar-refractivity contribution in [3.05, 3.63) is 76.8 Å². The summed E-state index contributed by atoms with van der Waals surface area (Å²) in [5.74, 6) is 0.267. The van der Waals surface area contributed by atoms with Gasteiger partial charge in [0.1, 0.15) is 11.5 Å². The Bertz CT molecular complexity index is 1210. The van der Waals surface area contributed by atoms with Gasteiger partial charge in [0.25, 0.3) is 15.9 Å². The number of anilines is 2. The Kier molecular flexibility index (Phi) is 6.72. The van der Waals surface area contributed by atoms with Crippen LogP contribution in [0.25, 0.3) is 0 Å². The van der Waals surface area contributed by atoms with E-state index in [0.717, 1.165) is 0 Å². The fourth-order valence-electron chi connectivity index (χ4n) is 2.87. The molecule has 1 amide bonds. The Morgan fingerprint density at radius 1 is 0.903 bits per heavy atom. The van der Waals surface area contributed by atoms with Gasteiger partial charge in [-0.2, -0.15) is 0 Å². The molecule has 3 aromatic rings. The van der Waals surface area contributed by atoms with E-state index in [-0.39, 0.29) is 27.3 Å². The van der Waals surface area contributed by atoms with Crippen LogP contribution in [0.4, 0.5) is 11.4 Å². The van der Waals surface area contributed by atoms with Crippen molar-refractivity contribution in [3.63, 3.8) is 0 Å². The van der Waals surface area contributed by atoms with Gasteiger partial charge in [-0.1, -0.05) is 29.8 Å². The lowest BCUT2D eigenvalue weighted by Gasteiger charge is -2.15. The SMILES string of the molecule is COc1cc(NS(=O)(=O)c2ccc(NC(=O)c3ccccc3)c(C)c2)c(OC)cc1Cl. The second-order valence-corrected chi connectivity index (χ2v) is 8.68. The summed E-state index contributed by atoms with van der Waals surface area (Å²) >= 11 is 6.08. The number of carbonyl (C=O) groups is 1. The molecule has 7 nitrogen and oxygen atoms in total. The molecule has 3 rings (SSSR count). The molecule has 0 aliphatic carbocycles. The second-order valence-electron chi connectivity index (χ2n) is 6.59. The number of hydrogen-bond acceptors (Lipinski definition) is 5. The van der Waals surface area contributed by atoms with Crippen LogP contribution < -0.4 is 19.5 Å². The molecule has 0 heterocycles. The van der Waals surface area contributed by atoms with Gasteiger partial charge in [0, 0.05) is 23.4 Å². The van der Waals surface area contributed by atoms with Crippen LogP contribution in [-0.2, 0) is 10.0 Å². The van der Waals surface area contributed by atoms with Gasteiger partial charge < -0.3 is 14.8 Å². The molecule has 0 fully saturated rings. The van der Waals surface area contributed by atoms with E-state index in [0.29, 0.717) is 22.6 Å². The van der Waals surface area contributed by atoms with Gasteiger partial charge in [-0.3, -0.25) is 9.52 Å². The maximum atomic E-state index is 12.9. The molecule has 9 heteroatoms. The van der Waals surface area contributed by atoms with Crippen molar-refractivity contribution < 1.29 is 22.7 Å². The maximum Gasteiger partial charge on any atom is 0.262 e. The fourth-order valence-corrected chi connectivity index (χ4v) is 4.25. The maximum absolute atomic E-state index is 12.9. The lowest BCUT2D eigenvalue weighted by Crippen LogP contribution is -2.15. The van der Waals surface area contributed by atoms with Crippen LogP contribution in [0.3, 0.4) is 0 Å². The van der Waals surface area contributed by atoms with E-state index in [1.54, 1.807) is 37.3 Å². The first-order valence-electron chi connectivity index (χ1n) is 9.16. The summed E-state index contributed by atoms with van der Waals surface area (Å²) in [5.41, 5.74) is 1.79. The van der Waals surface area contributed by atoms with Crippen molar-refractivity contribution in [1.29, 1.82) is 0 Å². The molecule has 0 saturated heterocycles. The minimum Gasteiger partial charge on any atom is -0.495 e. The van der Waals surface area contributed by atoms with E-state index in [1.165, 1.54) is 38.5 Å². The number of halogens is 1. The third kappa shape index (κ3) is 5.10. The van der Waals surface area contributed by atoms with Crippen LogP contribution in [0.15, 0.2) is 65.6 Å². The van der Waals surface area contributed by atoms with Crippen molar-refractivity contribution in [2.75, 3.05) is 24.3 Å². The lowest BCUT2D eigenvalue weighted by molar-refractivity contribution is 0.102. The summed E-state index contributed by atoms with van der Waals surface area (Å²) in [7, 11) is -1.11. The van der Waals surface area contributed by atoms with Gasteiger partial charge >= 0.3 is 0 Å². The molecule has 0 saturated carbocycles. The van der Waals surface area contributed by atoms with E-state index in [2.05, 4.69) is 10.0 Å². The van der Waals surface area contributed by atoms with E-state index in [4.69, 9.17) is 21.1 Å². The molecule has 0 spiro atoms. The van der Waals surface area contributed by atoms with Crippen molar-refractivity contribution >= 4 is 38.9 Å². The Balaban J connectivity index is 1.86. The first kappa shape index (κ1) is 22.5. The van der Waals surface area contributed by atoms with Gasteiger partial charge in [0.15, 0.2) is 0 Å². The number of nitrogens with one attached hydrogen (secondary N) is 2. The zero-order chi connectivity index (χ0) is 22.6. The summed E-state index contributed by atoms with van der Waals surface area (Å²) in [6.45, 7) is 1.71. The Morgan fingerprint density at radius 3 is 2.19 bits per heavy atom. The summed E-state index contributed by atoms with van der Waals surface area (Å²) in [5, 5.41) is 3.08. The molecular formula is C22H21ClN2O5S. The highest BCUT2D eigenvalue weighted by Gasteiger charge is 2.20. The first-order valence-corrected chi connectivity index (χ1v) is 11.0. The van der Waals surface area contributed by atoms with Crippen LogP contribution >= 0.6 is 11.6 Å². The largest absolute Gasteiger partial charge is 0.495 e. The van der Waals surface area contributed by atoms with Crippen LogP contribution in [0, 0.1) is 6.92 Å². The third-order valence-electron chi connectivity index (χ3n) is 4.51. The summed E-state index contributed by atoms with van der Waals surface area (Å²) in [4.78, 5) is 12.4. The molecule has 3 aromatic carbocycles. The molecule has 0 bridgehead atoms. The number of benzene rings is 3. The smallest absolute Gasteiger partial charge is 0.262 e. The summed E-state index contributed by atoms with van der Waals surface area (Å²) in [6.07, 6.45) is 0. The number of amides is 1. The summed E-state index contributed by atoms with van der Waals surface area (Å²) < 4.78 is 38.7. The highest BCUT2D eigenvalue weighted by molar-refractivity contribution is 7.92. The van der Waals surface area contributed by atoms with Crippen molar-refractivity contribution in [2.24, 2.45) is 0 Å². The van der Waals surface area contributed by atoms with Crippen LogP contribution in [0.1, 0.15) is 15.9 Å². The quantitative estimate of drug-likeness (QED) is 0.532. The van der Waals surface area contributed by atoms with Crippen molar-refractivity contribution in [3.8, 4) is 11.5 Å². The van der Waals surface area contributed by atoms with Crippen LogP contribution in [-0.4, -0.2) is 28.5 Å². The molecule has 0 atom stereocenters. The highest BCUT2D eigenvalue weighted by atomic mass is 35.5. The van der Waals surface area contributed by atoms with E-state index in [1.807, 2.05) is 6.07 Å². The number of rotatable bonds is 7. The number of aryl methyl sites for hydroxylation is 1. The molecule has 0 aliphatic heterocycles. The molecular weight excluding hydrogens is 440 g/mol. The Labute approximate surface area is 186 Å². The van der Waals surface area contributed by atoms with Crippen LogP contribution in [0.5, 0.6) is 11.5 Å². The monoisotopic (exact) mass is 460 g/mol. The normalized spacial score (nSPS) is 11.0. The second kappa shape index (κ2) is 9.28. The van der Waals surface area contributed by atoms with Gasteiger partial charge in [-0.05, 0) is 42.8 Å². The molecule has 0 unspecified atom stereocenters. The number of carbonyl (C=O) groups excluding carboxylic acids is 1. The topological polar surface area (TPSA) is 93.7 Å². The standard InChI is InChI=1S/C22H21ClN2O5S/c1-14-11-16(9-10-18(14)24-22(26)15-7-5-4-6-8-15)31(27,28)25-19-13-20(29-2)17(23)12-21(19)30-3/h4-13,25H,1-3H3,(H,24,26). The first-order chi connectivity index (χ1) is 14.7. The zero-order valence-corrected chi connectivity index (χ0v) is 18.7. The molecule has 31 heavy (non-hydrogen) atoms. The predicted octanol–water partition coefficient (Wildman–Crippen LogP) is 4.72. The number of ether oxygens (including phenoxy) is 2. The van der Waals surface area contributed by atoms with E-state index >= 15 is 0 Å². The Hall–Kier alpha value is -3.23. The molecule has 0 aliphatic rings. The minimum atomic E-state index is -3.94. The van der Waals surface area contributed by atoms with Gasteiger partial charge in [-0.15, -0.1) is 0 Å². The molecule has 0 aromatic heterocycles. The van der Waals surface area contributed by atoms with Crippen molar-refractivity contribution in [1.82, 2.24) is 0 Å². The van der Waals surface area contributed by atoms with Gasteiger partial charge in [0.2, 0.25) is 0 Å². The number of hydrogen-bond donors (Lipinski definition) is 2. The number of methoxy groups -OCH3 is 2. The fraction of sp³-hybridized carbons (Fsp3) is 0.136. The highest BCUT2D eigenvalue weighted by Crippen LogP contribution is 2.37.